The zero-order valence-electron chi connectivity index (χ0n) is 87.0. The van der Waals surface area contributed by atoms with Gasteiger partial charge in [-0.3, -0.25) is 7.32 Å². The van der Waals surface area contributed by atoms with Gasteiger partial charge in [0.2, 0.25) is 0 Å². The molecular formula is C123H162BN3O3. The number of hydrogen-bond donors (Lipinski definition) is 0. The lowest BCUT2D eigenvalue weighted by Gasteiger charge is -2.43. The average Bonchev–Trinajstić information content (AvgIpc) is 0.706. The van der Waals surface area contributed by atoms with Crippen molar-refractivity contribution in [2.24, 2.45) is 0 Å². The van der Waals surface area contributed by atoms with Crippen molar-refractivity contribution in [2.45, 2.75) is 344 Å². The molecule has 0 N–H and O–H groups in total. The van der Waals surface area contributed by atoms with Crippen LogP contribution in [-0.4, -0.2) is 7.32 Å². The van der Waals surface area contributed by atoms with Crippen molar-refractivity contribution in [1.82, 2.24) is 13.4 Å². The van der Waals surface area contributed by atoms with Gasteiger partial charge in [-0.25, -0.2) is 0 Å². The van der Waals surface area contributed by atoms with Crippen LogP contribution in [0.25, 0.3) is 0 Å². The SMILES string of the molecule is CCCc1c(C)c(C)c([N+](c2cccc(C)c2C)(c2cccc(C)c2C)c2cccc(C)c2C)c(CCC)c1CCC.CCCc1c(C)c(C)c([N+](c2cccc(C)c2C)(c2cccc(C)c2C)c2cccc(C)c2C)c(CCC)c1CCC.CCCc1c(C)c(C)c([N+](c2cccc(C)c2C)(c2cccc(C)c2C)c2cccc(C)c2C)c(CCC)c1CCC.[O-]B([O-])[O-]. The highest BCUT2D eigenvalue weighted by Crippen LogP contribution is 2.64. The van der Waals surface area contributed by atoms with Gasteiger partial charge < -0.3 is 15.1 Å². The minimum atomic E-state index is -2.92. The first-order valence-electron chi connectivity index (χ1n) is 49.6. The van der Waals surface area contributed by atoms with Gasteiger partial charge in [-0.2, -0.15) is 13.4 Å². The van der Waals surface area contributed by atoms with Gasteiger partial charge in [0.1, 0.15) is 0 Å². The molecular weight excluding hydrogens is 1580 g/mol. The molecule has 7 heteroatoms. The van der Waals surface area contributed by atoms with Gasteiger partial charge >= 0.3 is 0 Å². The third-order valence-corrected chi connectivity index (χ3v) is 30.1. The summed E-state index contributed by atoms with van der Waals surface area (Å²) in [6.45, 7) is 77.2. The second-order valence-electron chi connectivity index (χ2n) is 38.1. The normalized spacial score (nSPS) is 11.6. The highest BCUT2D eigenvalue weighted by atomic mass is 16.5. The molecule has 0 amide bonds. The van der Waals surface area contributed by atoms with E-state index in [2.05, 4.69) is 392 Å². The molecule has 0 aromatic heterocycles. The summed E-state index contributed by atoms with van der Waals surface area (Å²) in [6.07, 6.45) is 20.5. The van der Waals surface area contributed by atoms with Gasteiger partial charge in [-0.15, -0.1) is 0 Å². The zero-order chi connectivity index (χ0) is 95.9. The Morgan fingerprint density at radius 1 is 0.162 bits per heavy atom. The third kappa shape index (κ3) is 19.8. The monoisotopic (exact) mass is 1740 g/mol. The maximum absolute atomic E-state index is 8.42. The van der Waals surface area contributed by atoms with Crippen molar-refractivity contribution < 1.29 is 15.1 Å². The summed E-state index contributed by atoms with van der Waals surface area (Å²) in [5.74, 6) is 0. The lowest BCUT2D eigenvalue weighted by atomic mass is 9.82. The van der Waals surface area contributed by atoms with Crippen LogP contribution in [0.3, 0.4) is 0 Å². The van der Waals surface area contributed by atoms with Crippen molar-refractivity contribution in [3.05, 3.63) is 347 Å². The van der Waals surface area contributed by atoms with Gasteiger partial charge in [-0.1, -0.05) is 229 Å². The molecule has 130 heavy (non-hydrogen) atoms. The van der Waals surface area contributed by atoms with Crippen molar-refractivity contribution in [3.63, 3.8) is 0 Å². The molecule has 12 rings (SSSR count). The topological polar surface area (TPSA) is 69.2 Å². The average molecular weight is 1740 g/mol. The van der Waals surface area contributed by atoms with E-state index in [1.165, 1.54) is 221 Å². The molecule has 0 bridgehead atoms. The molecule has 0 heterocycles. The Morgan fingerprint density at radius 2 is 0.277 bits per heavy atom. The van der Waals surface area contributed by atoms with Crippen LogP contribution in [0, 0.1) is 166 Å². The van der Waals surface area contributed by atoms with E-state index < -0.39 is 7.32 Å². The Labute approximate surface area is 790 Å². The molecule has 0 unspecified atom stereocenters. The molecule has 0 aliphatic rings. The van der Waals surface area contributed by atoms with Crippen LogP contribution < -0.4 is 28.5 Å². The fourth-order valence-electron chi connectivity index (χ4n) is 22.0. The second-order valence-corrected chi connectivity index (χ2v) is 38.1. The van der Waals surface area contributed by atoms with Gasteiger partial charge in [0, 0.05) is 138 Å². The van der Waals surface area contributed by atoms with Gasteiger partial charge in [0.05, 0.1) is 0 Å². The first kappa shape index (κ1) is 104. The Kier molecular flexibility index (Phi) is 36.6. The summed E-state index contributed by atoms with van der Waals surface area (Å²) in [6, 6.07) is 62.7. The molecule has 12 aromatic carbocycles. The summed E-state index contributed by atoms with van der Waals surface area (Å²) >= 11 is 0. The van der Waals surface area contributed by atoms with E-state index in [0.29, 0.717) is 13.4 Å². The Balaban J connectivity index is 0.000000215. The maximum atomic E-state index is 8.42. The van der Waals surface area contributed by atoms with Crippen LogP contribution >= 0.6 is 0 Å². The summed E-state index contributed by atoms with van der Waals surface area (Å²) in [5.41, 5.74) is 64.3. The smallest absolute Gasteiger partial charge is 0.154 e. The molecule has 0 radical (unpaired) electrons. The molecule has 0 saturated carbocycles. The van der Waals surface area contributed by atoms with E-state index in [0.717, 1.165) is 96.3 Å². The highest BCUT2D eigenvalue weighted by molar-refractivity contribution is 6.24. The number of nitrogens with zero attached hydrogens (tertiary/aromatic N) is 3. The third-order valence-electron chi connectivity index (χ3n) is 30.1. The fraction of sp³-hybridized carbons (Fsp3) is 0.415. The van der Waals surface area contributed by atoms with Crippen LogP contribution in [0.1, 0.15) is 304 Å². The predicted octanol–water partition coefficient (Wildman–Crippen LogP) is 33.0. The quantitative estimate of drug-likeness (QED) is 0.0333. The molecule has 0 saturated heterocycles. The molecule has 0 spiro atoms. The minimum absolute atomic E-state index is 0.625. The molecule has 0 aliphatic heterocycles. The lowest BCUT2D eigenvalue weighted by molar-refractivity contribution is -0.479. The van der Waals surface area contributed by atoms with Crippen LogP contribution in [-0.2, 0) is 57.8 Å². The molecule has 0 atom stereocenters. The van der Waals surface area contributed by atoms with Gasteiger partial charge in [0.25, 0.3) is 0 Å². The molecule has 6 nitrogen and oxygen atoms in total. The minimum Gasteiger partial charge on any atom is -0.907 e. The number of hydrogen-bond acceptors (Lipinski definition) is 3. The van der Waals surface area contributed by atoms with E-state index in [1.807, 2.05) is 0 Å². The van der Waals surface area contributed by atoms with Crippen LogP contribution in [0.2, 0.25) is 0 Å². The number of benzene rings is 12. The summed E-state index contributed by atoms with van der Waals surface area (Å²) in [7, 11) is -2.92. The van der Waals surface area contributed by atoms with Crippen molar-refractivity contribution in [2.75, 3.05) is 0 Å². The predicted molar refractivity (Wildman–Crippen MR) is 565 cm³/mol. The Hall–Kier alpha value is -9.54. The number of quaternary nitrogens is 3. The standard InChI is InChI=1S/3C41H54N.BO3/c3*1-12-18-35-33(10)34(11)41(37(20-14-3)36(35)19-13-2)42(38-24-15-21-27(4)30(38)7,39-25-16-22-28(5)31(39)8)40-26-17-23-29(6)32(40)9;2-1(3)4/h3*15-17,21-26H,12-14,18-20H2,1-11H3;/q3*+1;-3. The second kappa shape index (κ2) is 45.7. The van der Waals surface area contributed by atoms with Crippen LogP contribution in [0.15, 0.2) is 164 Å². The van der Waals surface area contributed by atoms with E-state index >= 15 is 0 Å². The van der Waals surface area contributed by atoms with Crippen molar-refractivity contribution in [1.29, 1.82) is 0 Å². The molecule has 0 aliphatic carbocycles. The summed E-state index contributed by atoms with van der Waals surface area (Å²) in [4.78, 5) is 0. The van der Waals surface area contributed by atoms with Gasteiger partial charge in [-0.05, 0) is 324 Å². The zero-order valence-corrected chi connectivity index (χ0v) is 87.0. The fourth-order valence-corrected chi connectivity index (χ4v) is 22.0. The molecule has 690 valence electrons. The van der Waals surface area contributed by atoms with E-state index in [-0.39, 0.29) is 0 Å². The van der Waals surface area contributed by atoms with Gasteiger partial charge in [0.15, 0.2) is 68.2 Å². The van der Waals surface area contributed by atoms with Crippen LogP contribution in [0.4, 0.5) is 68.2 Å². The maximum Gasteiger partial charge on any atom is 0.154 e. The Morgan fingerprint density at radius 3 is 0.400 bits per heavy atom. The van der Waals surface area contributed by atoms with E-state index in [4.69, 9.17) is 15.1 Å². The number of rotatable bonds is 30. The largest absolute Gasteiger partial charge is 0.907 e. The first-order chi connectivity index (χ1) is 61.9. The molecule has 0 fully saturated rings. The lowest BCUT2D eigenvalue weighted by Crippen LogP contribution is -2.56. The Bertz CT molecular complexity index is 5040. The molecule has 12 aromatic rings. The van der Waals surface area contributed by atoms with Crippen LogP contribution in [0.5, 0.6) is 0 Å². The summed E-state index contributed by atoms with van der Waals surface area (Å²) in [5, 5.41) is 25.2. The van der Waals surface area contributed by atoms with E-state index in [1.54, 1.807) is 50.1 Å². The van der Waals surface area contributed by atoms with E-state index in [9.17, 15) is 0 Å². The number of aryl methyl sites for hydroxylation is 9. The van der Waals surface area contributed by atoms with Crippen molar-refractivity contribution >= 4 is 75.6 Å². The summed E-state index contributed by atoms with van der Waals surface area (Å²) < 4.78 is 1.87. The van der Waals surface area contributed by atoms with Crippen molar-refractivity contribution in [3.8, 4) is 0 Å². The highest BCUT2D eigenvalue weighted by Gasteiger charge is 2.51. The first-order valence-corrected chi connectivity index (χ1v) is 49.6.